The number of amides is 1. The zero-order valence-electron chi connectivity index (χ0n) is 11.7. The van der Waals surface area contributed by atoms with Gasteiger partial charge in [-0.1, -0.05) is 41.7 Å². The number of hydrogen-bond acceptors (Lipinski definition) is 6. The smallest absolute Gasteiger partial charge is 0.413 e. The van der Waals surface area contributed by atoms with Gasteiger partial charge >= 0.3 is 12.1 Å². The number of thiazole rings is 1. The lowest BCUT2D eigenvalue weighted by Crippen LogP contribution is -2.13. The largest absolute Gasteiger partial charge is 0.478 e. The van der Waals surface area contributed by atoms with Crippen LogP contribution in [0.4, 0.5) is 9.93 Å². The molecule has 116 valence electrons. The Morgan fingerprint density at radius 2 is 2.04 bits per heavy atom. The van der Waals surface area contributed by atoms with E-state index in [1.54, 1.807) is 0 Å². The first-order chi connectivity index (χ1) is 11.1. The van der Waals surface area contributed by atoms with Crippen LogP contribution in [0.1, 0.15) is 15.9 Å². The molecular weight excluding hydrogens is 318 g/mol. The number of carboxylic acid groups (broad SMARTS) is 1. The molecule has 0 unspecified atom stereocenters. The van der Waals surface area contributed by atoms with E-state index in [0.29, 0.717) is 15.5 Å². The second-order valence-corrected chi connectivity index (χ2v) is 5.59. The normalized spacial score (nSPS) is 10.4. The number of pyridine rings is 1. The molecule has 0 fully saturated rings. The number of carbonyl (C=O) groups excluding carboxylic acids is 1. The second-order valence-electron chi connectivity index (χ2n) is 4.56. The fourth-order valence-electron chi connectivity index (χ4n) is 1.84. The van der Waals surface area contributed by atoms with E-state index in [4.69, 9.17) is 9.84 Å². The highest BCUT2D eigenvalue weighted by atomic mass is 32.1. The van der Waals surface area contributed by atoms with Crippen molar-refractivity contribution in [3.8, 4) is 0 Å². The molecule has 0 saturated carbocycles. The fraction of sp³-hybridized carbons (Fsp3) is 0.0667. The Kier molecular flexibility index (Phi) is 4.15. The van der Waals surface area contributed by atoms with E-state index in [2.05, 4.69) is 15.3 Å². The van der Waals surface area contributed by atoms with Crippen LogP contribution in [0, 0.1) is 0 Å². The lowest BCUT2D eigenvalue weighted by Gasteiger charge is -2.04. The van der Waals surface area contributed by atoms with Crippen LogP contribution in [0.5, 0.6) is 0 Å². The highest BCUT2D eigenvalue weighted by molar-refractivity contribution is 7.22. The molecule has 1 aromatic carbocycles. The van der Waals surface area contributed by atoms with Gasteiger partial charge in [-0.05, 0) is 11.6 Å². The van der Waals surface area contributed by atoms with Crippen LogP contribution in [0.3, 0.4) is 0 Å². The lowest BCUT2D eigenvalue weighted by atomic mass is 10.2. The Morgan fingerprint density at radius 1 is 1.26 bits per heavy atom. The molecular formula is C15H11N3O4S. The molecule has 2 aromatic heterocycles. The number of aromatic carboxylic acids is 1. The van der Waals surface area contributed by atoms with E-state index in [1.165, 1.54) is 12.3 Å². The minimum Gasteiger partial charge on any atom is -0.478 e. The number of fused-ring (bicyclic) bond motifs is 1. The zero-order valence-corrected chi connectivity index (χ0v) is 12.5. The third kappa shape index (κ3) is 3.61. The molecule has 0 aliphatic rings. The Bertz CT molecular complexity index is 864. The van der Waals surface area contributed by atoms with Crippen LogP contribution >= 0.6 is 11.3 Å². The van der Waals surface area contributed by atoms with Gasteiger partial charge in [-0.3, -0.25) is 5.32 Å². The maximum absolute atomic E-state index is 11.8. The summed E-state index contributed by atoms with van der Waals surface area (Å²) >= 11 is 1.13. The van der Waals surface area contributed by atoms with Crippen molar-refractivity contribution in [2.75, 3.05) is 5.32 Å². The SMILES string of the molecule is O=C(Nc1nc2ncc(C(=O)O)cc2s1)OCc1ccccc1. The first-order valence-corrected chi connectivity index (χ1v) is 7.41. The van der Waals surface area contributed by atoms with Crippen LogP contribution in [-0.2, 0) is 11.3 Å². The van der Waals surface area contributed by atoms with Crippen molar-refractivity contribution in [3.05, 3.63) is 53.7 Å². The summed E-state index contributed by atoms with van der Waals surface area (Å²) in [5, 5.41) is 11.7. The van der Waals surface area contributed by atoms with Crippen LogP contribution in [0.25, 0.3) is 10.3 Å². The average Bonchev–Trinajstić information content (AvgIpc) is 2.95. The molecule has 2 N–H and O–H groups in total. The molecule has 8 heteroatoms. The van der Waals surface area contributed by atoms with E-state index >= 15 is 0 Å². The Hall–Kier alpha value is -3.00. The lowest BCUT2D eigenvalue weighted by molar-refractivity contribution is 0.0696. The molecule has 0 aliphatic heterocycles. The number of anilines is 1. The Balaban J connectivity index is 1.66. The summed E-state index contributed by atoms with van der Waals surface area (Å²) in [6.45, 7) is 0.152. The third-order valence-electron chi connectivity index (χ3n) is 2.92. The number of hydrogen-bond donors (Lipinski definition) is 2. The molecule has 23 heavy (non-hydrogen) atoms. The molecule has 3 aromatic rings. The predicted molar refractivity (Wildman–Crippen MR) is 84.6 cm³/mol. The van der Waals surface area contributed by atoms with Gasteiger partial charge in [-0.2, -0.15) is 4.98 Å². The van der Waals surface area contributed by atoms with Crippen LogP contribution in [0.15, 0.2) is 42.6 Å². The van der Waals surface area contributed by atoms with Gasteiger partial charge in [-0.15, -0.1) is 0 Å². The number of nitrogens with zero attached hydrogens (tertiary/aromatic N) is 2. The van der Waals surface area contributed by atoms with Crippen molar-refractivity contribution in [2.24, 2.45) is 0 Å². The van der Waals surface area contributed by atoms with Crippen LogP contribution in [0.2, 0.25) is 0 Å². The van der Waals surface area contributed by atoms with Gasteiger partial charge in [0.1, 0.15) is 6.61 Å². The summed E-state index contributed by atoms with van der Waals surface area (Å²) < 4.78 is 5.66. The predicted octanol–water partition coefficient (Wildman–Crippen LogP) is 3.14. The quantitative estimate of drug-likeness (QED) is 0.762. The van der Waals surface area contributed by atoms with Crippen molar-refractivity contribution in [2.45, 2.75) is 6.61 Å². The van der Waals surface area contributed by atoms with E-state index in [1.807, 2.05) is 30.3 Å². The van der Waals surface area contributed by atoms with Gasteiger partial charge in [0, 0.05) is 6.20 Å². The molecule has 7 nitrogen and oxygen atoms in total. The minimum absolute atomic E-state index is 0.0688. The minimum atomic E-state index is -1.07. The van der Waals surface area contributed by atoms with Crippen LogP contribution in [-0.4, -0.2) is 27.1 Å². The Labute approximate surface area is 134 Å². The highest BCUT2D eigenvalue weighted by Crippen LogP contribution is 2.25. The Morgan fingerprint density at radius 3 is 2.78 bits per heavy atom. The average molecular weight is 329 g/mol. The summed E-state index contributed by atoms with van der Waals surface area (Å²) in [5.74, 6) is -1.07. The highest BCUT2D eigenvalue weighted by Gasteiger charge is 2.12. The van der Waals surface area contributed by atoms with Crippen molar-refractivity contribution in [1.82, 2.24) is 9.97 Å². The number of carboxylic acids is 1. The van der Waals surface area contributed by atoms with Gasteiger partial charge in [0.15, 0.2) is 10.8 Å². The van der Waals surface area contributed by atoms with Crippen molar-refractivity contribution in [3.63, 3.8) is 0 Å². The maximum Gasteiger partial charge on any atom is 0.413 e. The van der Waals surface area contributed by atoms with Gasteiger partial charge in [0.25, 0.3) is 0 Å². The van der Waals surface area contributed by atoms with Crippen LogP contribution < -0.4 is 5.32 Å². The molecule has 1 amide bonds. The summed E-state index contributed by atoms with van der Waals surface area (Å²) in [6.07, 6.45) is 0.591. The van der Waals surface area contributed by atoms with Crippen molar-refractivity contribution >= 4 is 38.9 Å². The topological polar surface area (TPSA) is 101 Å². The van der Waals surface area contributed by atoms with E-state index in [-0.39, 0.29) is 12.2 Å². The fourth-order valence-corrected chi connectivity index (χ4v) is 2.69. The molecule has 0 spiro atoms. The number of nitrogens with one attached hydrogen (secondary N) is 1. The van der Waals surface area contributed by atoms with Gasteiger partial charge < -0.3 is 9.84 Å². The first kappa shape index (κ1) is 14.9. The maximum atomic E-state index is 11.8. The number of ether oxygens (including phenoxy) is 1. The van der Waals surface area contributed by atoms with Crippen molar-refractivity contribution < 1.29 is 19.4 Å². The van der Waals surface area contributed by atoms with Gasteiger partial charge in [0.05, 0.1) is 10.3 Å². The molecule has 3 rings (SSSR count). The summed E-state index contributed by atoms with van der Waals surface area (Å²) in [7, 11) is 0. The number of aromatic nitrogens is 2. The number of benzene rings is 1. The summed E-state index contributed by atoms with van der Waals surface area (Å²) in [6, 6.07) is 10.8. The standard InChI is InChI=1S/C15H11N3O4S/c19-13(20)10-6-11-12(16-7-10)17-14(23-11)18-15(21)22-8-9-4-2-1-3-5-9/h1-7H,8H2,(H,19,20)(H,16,17,18,21). The molecule has 0 radical (unpaired) electrons. The number of rotatable bonds is 4. The third-order valence-corrected chi connectivity index (χ3v) is 3.82. The number of carbonyl (C=O) groups is 2. The van der Waals surface area contributed by atoms with E-state index < -0.39 is 12.1 Å². The van der Waals surface area contributed by atoms with Gasteiger partial charge in [-0.25, -0.2) is 14.6 Å². The molecule has 0 saturated heterocycles. The van der Waals surface area contributed by atoms with Crippen molar-refractivity contribution in [1.29, 1.82) is 0 Å². The molecule has 0 bridgehead atoms. The summed E-state index contributed by atoms with van der Waals surface area (Å²) in [4.78, 5) is 30.7. The zero-order chi connectivity index (χ0) is 16.2. The van der Waals surface area contributed by atoms with Gasteiger partial charge in [0.2, 0.25) is 0 Å². The molecule has 0 atom stereocenters. The van der Waals surface area contributed by atoms with E-state index in [9.17, 15) is 9.59 Å². The first-order valence-electron chi connectivity index (χ1n) is 6.59. The summed E-state index contributed by atoms with van der Waals surface area (Å²) in [5.41, 5.74) is 1.32. The molecule has 2 heterocycles. The second kappa shape index (κ2) is 6.41. The monoisotopic (exact) mass is 329 g/mol. The van der Waals surface area contributed by atoms with E-state index in [0.717, 1.165) is 16.9 Å². The molecule has 0 aliphatic carbocycles.